The molecule has 0 spiro atoms. The molecule has 0 N–H and O–H groups in total. The number of rotatable bonds is 6. The molecule has 4 heteroatoms. The molecule has 1 saturated carbocycles. The zero-order valence-electron chi connectivity index (χ0n) is 15.0. The Morgan fingerprint density at radius 2 is 1.92 bits per heavy atom. The van der Waals surface area contributed by atoms with E-state index in [9.17, 15) is 4.79 Å². The van der Waals surface area contributed by atoms with Crippen molar-refractivity contribution in [3.63, 3.8) is 0 Å². The molecule has 1 aliphatic rings. The lowest BCUT2D eigenvalue weighted by Gasteiger charge is -2.23. The number of amides is 1. The molecular weight excluding hydrogens is 322 g/mol. The molecule has 1 fully saturated rings. The summed E-state index contributed by atoms with van der Waals surface area (Å²) in [6.45, 7) is 3.49. The second-order valence-electron chi connectivity index (χ2n) is 7.05. The van der Waals surface area contributed by atoms with Crippen LogP contribution >= 0.6 is 0 Å². The van der Waals surface area contributed by atoms with Crippen molar-refractivity contribution in [1.82, 2.24) is 14.7 Å². The number of carbonyl (C=O) groups excluding carboxylic acids is 1. The minimum Gasteiger partial charge on any atom is -0.331 e. The smallest absolute Gasteiger partial charge is 0.254 e. The van der Waals surface area contributed by atoms with Crippen molar-refractivity contribution in [1.29, 1.82) is 0 Å². The highest BCUT2D eigenvalue weighted by molar-refractivity contribution is 5.94. The number of hydrogen-bond acceptors (Lipinski definition) is 2. The average molecular weight is 345 g/mol. The third kappa shape index (κ3) is 3.85. The van der Waals surface area contributed by atoms with E-state index in [1.807, 2.05) is 46.1 Å². The number of carbonyl (C=O) groups is 1. The van der Waals surface area contributed by atoms with Crippen molar-refractivity contribution in [2.75, 3.05) is 0 Å². The van der Waals surface area contributed by atoms with Gasteiger partial charge in [-0.3, -0.25) is 9.48 Å². The molecule has 4 nitrogen and oxygen atoms in total. The van der Waals surface area contributed by atoms with Crippen LogP contribution in [0.25, 0.3) is 0 Å². The molecule has 0 radical (unpaired) electrons. The lowest BCUT2D eigenvalue weighted by Crippen LogP contribution is -2.32. The second-order valence-corrected chi connectivity index (χ2v) is 7.05. The van der Waals surface area contributed by atoms with Gasteiger partial charge in [0.2, 0.25) is 0 Å². The molecule has 0 unspecified atom stereocenters. The standard InChI is InChI=1S/C22H23N3O/c1-17-4-2-5-19(14-17)16-25(21-10-11-21)22(26)20-8-6-18(7-9-20)15-24-13-3-12-23-24/h2-9,12-14,21H,10-11,15-16H2,1H3. The summed E-state index contributed by atoms with van der Waals surface area (Å²) in [5, 5.41) is 4.22. The number of aryl methyl sites for hydroxylation is 1. The first-order valence-corrected chi connectivity index (χ1v) is 9.12. The van der Waals surface area contributed by atoms with Gasteiger partial charge in [-0.1, -0.05) is 42.0 Å². The minimum absolute atomic E-state index is 0.125. The monoisotopic (exact) mass is 345 g/mol. The van der Waals surface area contributed by atoms with Crippen LogP contribution in [0.5, 0.6) is 0 Å². The van der Waals surface area contributed by atoms with Crippen LogP contribution < -0.4 is 0 Å². The minimum atomic E-state index is 0.125. The second kappa shape index (κ2) is 7.16. The lowest BCUT2D eigenvalue weighted by atomic mass is 10.1. The van der Waals surface area contributed by atoms with E-state index in [0.717, 1.165) is 30.5 Å². The van der Waals surface area contributed by atoms with Gasteiger partial charge in [0.15, 0.2) is 0 Å². The predicted molar refractivity (Wildman–Crippen MR) is 102 cm³/mol. The Morgan fingerprint density at radius 1 is 1.12 bits per heavy atom. The van der Waals surface area contributed by atoms with Crippen LogP contribution in [-0.2, 0) is 13.1 Å². The van der Waals surface area contributed by atoms with Gasteiger partial charge in [-0.05, 0) is 49.1 Å². The largest absolute Gasteiger partial charge is 0.331 e. The number of hydrogen-bond donors (Lipinski definition) is 0. The topological polar surface area (TPSA) is 38.1 Å². The molecule has 1 aromatic heterocycles. The SMILES string of the molecule is Cc1cccc(CN(C(=O)c2ccc(Cn3cccn3)cc2)C2CC2)c1. The van der Waals surface area contributed by atoms with Crippen molar-refractivity contribution in [2.45, 2.75) is 38.9 Å². The van der Waals surface area contributed by atoms with Crippen LogP contribution in [-0.4, -0.2) is 26.6 Å². The molecule has 2 aromatic carbocycles. The molecule has 0 bridgehead atoms. The molecule has 1 amide bonds. The fourth-order valence-corrected chi connectivity index (χ4v) is 3.26. The molecule has 0 aliphatic heterocycles. The highest BCUT2D eigenvalue weighted by atomic mass is 16.2. The van der Waals surface area contributed by atoms with E-state index in [1.165, 1.54) is 11.1 Å². The number of aromatic nitrogens is 2. The highest BCUT2D eigenvalue weighted by Gasteiger charge is 2.33. The molecule has 1 heterocycles. The zero-order valence-corrected chi connectivity index (χ0v) is 15.0. The molecule has 0 atom stereocenters. The van der Waals surface area contributed by atoms with Crippen molar-refractivity contribution >= 4 is 5.91 Å². The van der Waals surface area contributed by atoms with Crippen molar-refractivity contribution < 1.29 is 4.79 Å². The highest BCUT2D eigenvalue weighted by Crippen LogP contribution is 2.30. The van der Waals surface area contributed by atoms with E-state index in [2.05, 4.69) is 36.3 Å². The third-order valence-corrected chi connectivity index (χ3v) is 4.79. The summed E-state index contributed by atoms with van der Waals surface area (Å²) in [6.07, 6.45) is 5.93. The summed E-state index contributed by atoms with van der Waals surface area (Å²) in [5.74, 6) is 0.125. The van der Waals surface area contributed by atoms with Crippen LogP contribution in [0.2, 0.25) is 0 Å². The Labute approximate surface area is 154 Å². The summed E-state index contributed by atoms with van der Waals surface area (Å²) < 4.78 is 1.88. The van der Waals surface area contributed by atoms with Crippen LogP contribution in [0.15, 0.2) is 67.0 Å². The normalized spacial score (nSPS) is 13.6. The Balaban J connectivity index is 1.49. The van der Waals surface area contributed by atoms with Gasteiger partial charge in [0.05, 0.1) is 6.54 Å². The summed E-state index contributed by atoms with van der Waals surface area (Å²) in [4.78, 5) is 15.1. The zero-order chi connectivity index (χ0) is 17.9. The first-order valence-electron chi connectivity index (χ1n) is 9.12. The van der Waals surface area contributed by atoms with Crippen LogP contribution in [0.1, 0.15) is 39.9 Å². The third-order valence-electron chi connectivity index (χ3n) is 4.79. The lowest BCUT2D eigenvalue weighted by molar-refractivity contribution is 0.0730. The molecular formula is C22H23N3O. The Hall–Kier alpha value is -2.88. The van der Waals surface area contributed by atoms with Crippen LogP contribution in [0.4, 0.5) is 0 Å². The molecule has 0 saturated heterocycles. The fraction of sp³-hybridized carbons (Fsp3) is 0.273. The van der Waals surface area contributed by atoms with Crippen molar-refractivity contribution in [3.05, 3.63) is 89.2 Å². The first-order chi connectivity index (χ1) is 12.7. The Morgan fingerprint density at radius 3 is 2.58 bits per heavy atom. The summed E-state index contributed by atoms with van der Waals surface area (Å²) in [7, 11) is 0. The summed E-state index contributed by atoms with van der Waals surface area (Å²) in [5.41, 5.74) is 4.32. The fourth-order valence-electron chi connectivity index (χ4n) is 3.26. The van der Waals surface area contributed by atoms with Gasteiger partial charge in [0.1, 0.15) is 0 Å². The van der Waals surface area contributed by atoms with Gasteiger partial charge < -0.3 is 4.90 Å². The van der Waals surface area contributed by atoms with Gasteiger partial charge in [0.25, 0.3) is 5.91 Å². The molecule has 132 valence electrons. The number of benzene rings is 2. The Kier molecular flexibility index (Phi) is 4.57. The van der Waals surface area contributed by atoms with E-state index in [-0.39, 0.29) is 5.91 Å². The quantitative estimate of drug-likeness (QED) is 0.676. The van der Waals surface area contributed by atoms with Crippen LogP contribution in [0, 0.1) is 6.92 Å². The van der Waals surface area contributed by atoms with Crippen molar-refractivity contribution in [3.8, 4) is 0 Å². The van der Waals surface area contributed by atoms with E-state index in [4.69, 9.17) is 0 Å². The van der Waals surface area contributed by atoms with E-state index >= 15 is 0 Å². The van der Waals surface area contributed by atoms with Gasteiger partial charge in [-0.2, -0.15) is 5.10 Å². The molecule has 4 rings (SSSR count). The van der Waals surface area contributed by atoms with Crippen LogP contribution in [0.3, 0.4) is 0 Å². The van der Waals surface area contributed by atoms with Gasteiger partial charge in [-0.15, -0.1) is 0 Å². The van der Waals surface area contributed by atoms with E-state index in [0.29, 0.717) is 12.6 Å². The molecule has 1 aliphatic carbocycles. The maximum Gasteiger partial charge on any atom is 0.254 e. The predicted octanol–water partition coefficient (Wildman–Crippen LogP) is 4.04. The van der Waals surface area contributed by atoms with Gasteiger partial charge >= 0.3 is 0 Å². The average Bonchev–Trinajstić information content (AvgIpc) is 3.36. The van der Waals surface area contributed by atoms with Gasteiger partial charge in [0, 0.05) is 30.5 Å². The summed E-state index contributed by atoms with van der Waals surface area (Å²) >= 11 is 0. The number of nitrogens with zero attached hydrogens (tertiary/aromatic N) is 3. The molecule has 3 aromatic rings. The maximum absolute atomic E-state index is 13.1. The van der Waals surface area contributed by atoms with E-state index in [1.54, 1.807) is 6.20 Å². The van der Waals surface area contributed by atoms with Gasteiger partial charge in [-0.25, -0.2) is 0 Å². The van der Waals surface area contributed by atoms with E-state index < -0.39 is 0 Å². The summed E-state index contributed by atoms with van der Waals surface area (Å²) in [6, 6.07) is 18.6. The first kappa shape index (κ1) is 16.6. The molecule has 26 heavy (non-hydrogen) atoms. The maximum atomic E-state index is 13.1. The Bertz CT molecular complexity index is 880. The van der Waals surface area contributed by atoms with Crippen molar-refractivity contribution in [2.24, 2.45) is 0 Å².